The van der Waals surface area contributed by atoms with Gasteiger partial charge in [-0.1, -0.05) is 71.9 Å². The Labute approximate surface area is 228 Å². The van der Waals surface area contributed by atoms with Gasteiger partial charge >= 0.3 is 0 Å². The van der Waals surface area contributed by atoms with Crippen LogP contribution in [0.1, 0.15) is 52.7 Å². The molecule has 186 valence electrons. The largest absolute Gasteiger partial charge is 0.309 e. The average molecular weight is 520 g/mol. The minimum absolute atomic E-state index is 0.0629. The first-order valence-corrected chi connectivity index (χ1v) is 14.7. The van der Waals surface area contributed by atoms with Crippen LogP contribution in [0, 0.1) is 0 Å². The first kappa shape index (κ1) is 24.2. The van der Waals surface area contributed by atoms with Gasteiger partial charge in [0, 0.05) is 26.2 Å². The lowest BCUT2D eigenvalue weighted by atomic mass is 9.80. The summed E-state index contributed by atoms with van der Waals surface area (Å²) in [7, 11) is 0. The maximum Gasteiger partial charge on any atom is 0.0541 e. The predicted molar refractivity (Wildman–Crippen MR) is 165 cm³/mol. The molecule has 0 atom stereocenters. The molecular formula is C34H33NS2. The first-order valence-electron chi connectivity index (χ1n) is 12.9. The monoisotopic (exact) mass is 519 g/mol. The van der Waals surface area contributed by atoms with Crippen molar-refractivity contribution in [2.24, 2.45) is 0 Å². The van der Waals surface area contributed by atoms with E-state index in [1.165, 1.54) is 59.5 Å². The Morgan fingerprint density at radius 1 is 0.541 bits per heavy atom. The van der Waals surface area contributed by atoms with Crippen LogP contribution in [0.25, 0.3) is 48.4 Å². The molecule has 0 aliphatic rings. The van der Waals surface area contributed by atoms with E-state index < -0.39 is 0 Å². The van der Waals surface area contributed by atoms with E-state index in [0.717, 1.165) is 0 Å². The molecule has 0 amide bonds. The predicted octanol–water partition coefficient (Wildman–Crippen LogP) is 10.8. The van der Waals surface area contributed by atoms with E-state index in [9.17, 15) is 0 Å². The molecule has 0 saturated heterocycles. The van der Waals surface area contributed by atoms with Gasteiger partial charge in [0.05, 0.1) is 11.0 Å². The van der Waals surface area contributed by atoms with Gasteiger partial charge in [-0.25, -0.2) is 0 Å². The van der Waals surface area contributed by atoms with Crippen LogP contribution in [0.3, 0.4) is 0 Å². The molecule has 3 aromatic carbocycles. The minimum Gasteiger partial charge on any atom is -0.309 e. The number of benzene rings is 3. The molecule has 0 aliphatic carbocycles. The Bertz CT molecular complexity index is 1590. The molecule has 37 heavy (non-hydrogen) atoms. The highest BCUT2D eigenvalue weighted by molar-refractivity contribution is 7.13. The maximum atomic E-state index is 2.48. The molecule has 0 unspecified atom stereocenters. The van der Waals surface area contributed by atoms with Crippen molar-refractivity contribution in [1.82, 2.24) is 4.57 Å². The number of hydrogen-bond donors (Lipinski definition) is 0. The molecule has 0 spiro atoms. The number of aromatic nitrogens is 1. The van der Waals surface area contributed by atoms with Crippen LogP contribution >= 0.6 is 22.7 Å². The fourth-order valence-corrected chi connectivity index (χ4v) is 6.55. The summed E-state index contributed by atoms with van der Waals surface area (Å²) in [6, 6.07) is 29.9. The molecule has 0 saturated carbocycles. The molecule has 0 N–H and O–H groups in total. The second-order valence-corrected chi connectivity index (χ2v) is 13.9. The number of fused-ring (bicyclic) bond motifs is 3. The third-order valence-corrected chi connectivity index (χ3v) is 9.12. The van der Waals surface area contributed by atoms with Crippen LogP contribution in [0.15, 0.2) is 89.6 Å². The zero-order chi connectivity index (χ0) is 25.9. The SMILES string of the molecule is CC(C)(C)c1cc(-n2c3ccc(-c4cccs4)cc3c3cc(-c4cccs4)ccc32)cc(C(C)(C)C)c1. The Morgan fingerprint density at radius 3 is 1.38 bits per heavy atom. The average Bonchev–Trinajstić information content (AvgIpc) is 3.62. The molecule has 6 aromatic rings. The lowest BCUT2D eigenvalue weighted by Gasteiger charge is -2.26. The van der Waals surface area contributed by atoms with Crippen molar-refractivity contribution in [1.29, 1.82) is 0 Å². The van der Waals surface area contributed by atoms with E-state index in [2.05, 4.69) is 136 Å². The topological polar surface area (TPSA) is 4.93 Å². The fourth-order valence-electron chi connectivity index (χ4n) is 5.10. The van der Waals surface area contributed by atoms with Crippen LogP contribution in [-0.2, 0) is 10.8 Å². The van der Waals surface area contributed by atoms with Crippen molar-refractivity contribution in [3.05, 3.63) is 101 Å². The quantitative estimate of drug-likeness (QED) is 0.219. The zero-order valence-corrected chi connectivity index (χ0v) is 24.1. The van der Waals surface area contributed by atoms with Crippen molar-refractivity contribution in [2.45, 2.75) is 52.4 Å². The Kier molecular flexibility index (Phi) is 5.70. The van der Waals surface area contributed by atoms with Gasteiger partial charge in [-0.3, -0.25) is 0 Å². The highest BCUT2D eigenvalue weighted by atomic mass is 32.1. The normalized spacial score (nSPS) is 12.6. The molecule has 3 aromatic heterocycles. The molecule has 0 aliphatic heterocycles. The van der Waals surface area contributed by atoms with Gasteiger partial charge in [-0.05, 0) is 92.4 Å². The van der Waals surface area contributed by atoms with Gasteiger partial charge < -0.3 is 4.57 Å². The van der Waals surface area contributed by atoms with Crippen molar-refractivity contribution >= 4 is 44.5 Å². The summed E-state index contributed by atoms with van der Waals surface area (Å²) < 4.78 is 2.48. The fraction of sp³-hybridized carbons (Fsp3) is 0.235. The highest BCUT2D eigenvalue weighted by Gasteiger charge is 2.23. The molecule has 1 nitrogen and oxygen atoms in total. The highest BCUT2D eigenvalue weighted by Crippen LogP contribution is 2.40. The summed E-state index contributed by atoms with van der Waals surface area (Å²) in [4.78, 5) is 2.61. The van der Waals surface area contributed by atoms with Crippen molar-refractivity contribution in [3.8, 4) is 26.6 Å². The summed E-state index contributed by atoms with van der Waals surface area (Å²) >= 11 is 3.60. The Hall–Kier alpha value is -3.14. The minimum atomic E-state index is 0.0629. The van der Waals surface area contributed by atoms with Gasteiger partial charge in [-0.15, -0.1) is 22.7 Å². The number of nitrogens with zero attached hydrogens (tertiary/aromatic N) is 1. The number of thiophene rings is 2. The molecule has 3 heterocycles. The zero-order valence-electron chi connectivity index (χ0n) is 22.4. The van der Waals surface area contributed by atoms with Crippen LogP contribution in [0.5, 0.6) is 0 Å². The summed E-state index contributed by atoms with van der Waals surface area (Å²) in [5.41, 5.74) is 9.18. The van der Waals surface area contributed by atoms with E-state index in [0.29, 0.717) is 0 Å². The van der Waals surface area contributed by atoms with Gasteiger partial charge in [0.25, 0.3) is 0 Å². The smallest absolute Gasteiger partial charge is 0.0541 e. The standard InChI is InChI=1S/C34H33NS2/c1-33(2,3)24-19-25(34(4,5)6)21-26(20-24)35-29-13-11-22(31-9-7-15-36-31)17-27(29)28-18-23(12-14-30(28)35)32-10-8-16-37-32/h7-21H,1-6H3. The van der Waals surface area contributed by atoms with Gasteiger partial charge in [0.2, 0.25) is 0 Å². The first-order chi connectivity index (χ1) is 17.6. The summed E-state index contributed by atoms with van der Waals surface area (Å²) in [5, 5.41) is 6.92. The maximum absolute atomic E-state index is 2.48. The van der Waals surface area contributed by atoms with E-state index >= 15 is 0 Å². The molecule has 3 heteroatoms. The van der Waals surface area contributed by atoms with Crippen LogP contribution in [0.4, 0.5) is 0 Å². The van der Waals surface area contributed by atoms with Crippen molar-refractivity contribution < 1.29 is 0 Å². The Balaban J connectivity index is 1.69. The van der Waals surface area contributed by atoms with E-state index in [-0.39, 0.29) is 10.8 Å². The number of hydrogen-bond acceptors (Lipinski definition) is 2. The van der Waals surface area contributed by atoms with E-state index in [1.54, 1.807) is 22.7 Å². The van der Waals surface area contributed by atoms with Crippen LogP contribution in [-0.4, -0.2) is 4.57 Å². The second-order valence-electron chi connectivity index (χ2n) is 12.0. The summed E-state index contributed by atoms with van der Waals surface area (Å²) in [6.45, 7) is 13.9. The lowest BCUT2D eigenvalue weighted by Crippen LogP contribution is -2.17. The third-order valence-electron chi connectivity index (χ3n) is 7.28. The van der Waals surface area contributed by atoms with Crippen LogP contribution in [0.2, 0.25) is 0 Å². The van der Waals surface area contributed by atoms with Gasteiger partial charge in [0.15, 0.2) is 0 Å². The van der Waals surface area contributed by atoms with E-state index in [4.69, 9.17) is 0 Å². The third kappa shape index (κ3) is 4.35. The van der Waals surface area contributed by atoms with Gasteiger partial charge in [-0.2, -0.15) is 0 Å². The summed E-state index contributed by atoms with van der Waals surface area (Å²) in [6.07, 6.45) is 0. The molecular weight excluding hydrogens is 487 g/mol. The van der Waals surface area contributed by atoms with Crippen molar-refractivity contribution in [3.63, 3.8) is 0 Å². The molecule has 0 fully saturated rings. The van der Waals surface area contributed by atoms with Crippen molar-refractivity contribution in [2.75, 3.05) is 0 Å². The van der Waals surface area contributed by atoms with Crippen LogP contribution < -0.4 is 0 Å². The molecule has 0 bridgehead atoms. The van der Waals surface area contributed by atoms with E-state index in [1.807, 2.05) is 0 Å². The molecule has 0 radical (unpaired) electrons. The number of rotatable bonds is 3. The second kappa shape index (κ2) is 8.72. The Morgan fingerprint density at radius 2 is 1.00 bits per heavy atom. The lowest BCUT2D eigenvalue weighted by molar-refractivity contribution is 0.568. The summed E-state index contributed by atoms with van der Waals surface area (Å²) in [5.74, 6) is 0. The molecule has 6 rings (SSSR count). The van der Waals surface area contributed by atoms with Gasteiger partial charge in [0.1, 0.15) is 0 Å².